The van der Waals surface area contributed by atoms with Gasteiger partial charge in [-0.1, -0.05) is 50.1 Å². The summed E-state index contributed by atoms with van der Waals surface area (Å²) in [5, 5.41) is 1.03. The molecule has 0 N–H and O–H groups in total. The molecule has 2 aromatic carbocycles. The fourth-order valence-corrected chi connectivity index (χ4v) is 3.56. The predicted molar refractivity (Wildman–Crippen MR) is 91.6 cm³/mol. The lowest BCUT2D eigenvalue weighted by molar-refractivity contribution is 0.0992. The molecule has 0 fully saturated rings. The first kappa shape index (κ1) is 14.4. The molecule has 21 heavy (non-hydrogen) atoms. The molecule has 0 atom stereocenters. The molecule has 4 heteroatoms. The summed E-state index contributed by atoms with van der Waals surface area (Å²) in [6.07, 6.45) is 2.12. The predicted octanol–water partition coefficient (Wildman–Crippen LogP) is 5.19. The highest BCUT2D eigenvalue weighted by molar-refractivity contribution is 9.11. The van der Waals surface area contributed by atoms with E-state index in [2.05, 4.69) is 36.8 Å². The van der Waals surface area contributed by atoms with Crippen molar-refractivity contribution in [3.8, 4) is 0 Å². The van der Waals surface area contributed by atoms with Gasteiger partial charge in [0.2, 0.25) is 0 Å². The minimum atomic E-state index is 0.0886. The summed E-state index contributed by atoms with van der Waals surface area (Å²) in [4.78, 5) is 16.8. The van der Waals surface area contributed by atoms with Crippen molar-refractivity contribution in [3.05, 3.63) is 74.8 Å². The molecular weight excluding hydrogens is 394 g/mol. The summed E-state index contributed by atoms with van der Waals surface area (Å²) in [6.45, 7) is 0. The molecular formula is C17H11Br2NO. The lowest BCUT2D eigenvalue weighted by atomic mass is 10.0. The zero-order valence-corrected chi connectivity index (χ0v) is 14.2. The number of hydrogen-bond donors (Lipinski definition) is 0. The molecule has 0 saturated carbocycles. The molecule has 0 aliphatic heterocycles. The molecule has 0 unspecified atom stereocenters. The van der Waals surface area contributed by atoms with Crippen molar-refractivity contribution in [1.82, 2.24) is 4.98 Å². The van der Waals surface area contributed by atoms with Crippen molar-refractivity contribution in [2.45, 2.75) is 6.42 Å². The van der Waals surface area contributed by atoms with Gasteiger partial charge in [-0.15, -0.1) is 0 Å². The number of ketones is 1. The van der Waals surface area contributed by atoms with Crippen LogP contribution in [0.2, 0.25) is 0 Å². The molecule has 0 radical (unpaired) electrons. The summed E-state index contributed by atoms with van der Waals surface area (Å²) >= 11 is 6.84. The van der Waals surface area contributed by atoms with Crippen LogP contribution in [0.25, 0.3) is 10.9 Å². The van der Waals surface area contributed by atoms with Crippen LogP contribution in [0.4, 0.5) is 0 Å². The van der Waals surface area contributed by atoms with Gasteiger partial charge < -0.3 is 0 Å². The fraction of sp³-hybridized carbons (Fsp3) is 0.0588. The third kappa shape index (κ3) is 3.06. The van der Waals surface area contributed by atoms with Crippen molar-refractivity contribution in [2.24, 2.45) is 0 Å². The van der Waals surface area contributed by atoms with Crippen LogP contribution in [0.15, 0.2) is 63.7 Å². The van der Waals surface area contributed by atoms with Gasteiger partial charge in [0.15, 0.2) is 5.78 Å². The van der Waals surface area contributed by atoms with Crippen molar-refractivity contribution < 1.29 is 4.79 Å². The number of rotatable bonds is 3. The summed E-state index contributed by atoms with van der Waals surface area (Å²) in [5.74, 6) is 0.0886. The van der Waals surface area contributed by atoms with Crippen LogP contribution in [-0.4, -0.2) is 10.8 Å². The first-order chi connectivity index (χ1) is 10.1. The number of Topliss-reactive ketones (excluding diaryl/α,β-unsaturated/α-hetero) is 1. The van der Waals surface area contributed by atoms with Gasteiger partial charge in [-0.05, 0) is 35.9 Å². The standard InChI is InChI=1S/C17H11Br2NO/c18-12-5-6-14(15(19)10-12)17(21)9-11-7-8-20-16-4-2-1-3-13(11)16/h1-8,10H,9H2. The fourth-order valence-electron chi connectivity index (χ4n) is 2.29. The second kappa shape index (κ2) is 6.08. The zero-order valence-electron chi connectivity index (χ0n) is 11.0. The van der Waals surface area contributed by atoms with Gasteiger partial charge in [-0.25, -0.2) is 0 Å². The van der Waals surface area contributed by atoms with Crippen LogP contribution in [0.3, 0.4) is 0 Å². The highest BCUT2D eigenvalue weighted by atomic mass is 79.9. The van der Waals surface area contributed by atoms with Gasteiger partial charge >= 0.3 is 0 Å². The number of fused-ring (bicyclic) bond motifs is 1. The van der Waals surface area contributed by atoms with Crippen LogP contribution in [-0.2, 0) is 6.42 Å². The quantitative estimate of drug-likeness (QED) is 0.562. The van der Waals surface area contributed by atoms with Crippen molar-refractivity contribution in [3.63, 3.8) is 0 Å². The van der Waals surface area contributed by atoms with Gasteiger partial charge in [0, 0.05) is 32.5 Å². The summed E-state index contributed by atoms with van der Waals surface area (Å²) < 4.78 is 1.75. The van der Waals surface area contributed by atoms with E-state index in [1.165, 1.54) is 0 Å². The van der Waals surface area contributed by atoms with Gasteiger partial charge in [-0.3, -0.25) is 9.78 Å². The Hall–Kier alpha value is -1.52. The number of hydrogen-bond acceptors (Lipinski definition) is 2. The third-order valence-corrected chi connectivity index (χ3v) is 4.47. The molecule has 0 aliphatic carbocycles. The topological polar surface area (TPSA) is 30.0 Å². The van der Waals surface area contributed by atoms with Crippen molar-refractivity contribution >= 4 is 48.5 Å². The Morgan fingerprint density at radius 1 is 1.05 bits per heavy atom. The molecule has 0 bridgehead atoms. The highest BCUT2D eigenvalue weighted by Crippen LogP contribution is 2.24. The molecule has 3 rings (SSSR count). The maximum absolute atomic E-state index is 12.5. The number of benzene rings is 2. The Labute approximate surface area is 139 Å². The Bertz CT molecular complexity index is 825. The average molecular weight is 405 g/mol. The molecule has 104 valence electrons. The number of nitrogens with zero attached hydrogens (tertiary/aromatic N) is 1. The van der Waals surface area contributed by atoms with E-state index >= 15 is 0 Å². The minimum absolute atomic E-state index is 0.0886. The Morgan fingerprint density at radius 3 is 2.67 bits per heavy atom. The van der Waals surface area contributed by atoms with Crippen molar-refractivity contribution in [1.29, 1.82) is 0 Å². The lowest BCUT2D eigenvalue weighted by Gasteiger charge is -2.07. The van der Waals surface area contributed by atoms with Crippen LogP contribution in [0, 0.1) is 0 Å². The molecule has 0 saturated heterocycles. The van der Waals surface area contributed by atoms with Crippen LogP contribution >= 0.6 is 31.9 Å². The van der Waals surface area contributed by atoms with E-state index in [0.29, 0.717) is 12.0 Å². The molecule has 0 amide bonds. The molecule has 1 aromatic heterocycles. The molecule has 0 spiro atoms. The van der Waals surface area contributed by atoms with Crippen LogP contribution in [0.5, 0.6) is 0 Å². The van der Waals surface area contributed by atoms with E-state index in [1.54, 1.807) is 6.20 Å². The number of carbonyl (C=O) groups excluding carboxylic acids is 1. The maximum atomic E-state index is 12.5. The number of carbonyl (C=O) groups is 1. The largest absolute Gasteiger partial charge is 0.294 e. The second-order valence-electron chi connectivity index (χ2n) is 4.71. The monoisotopic (exact) mass is 403 g/mol. The lowest BCUT2D eigenvalue weighted by Crippen LogP contribution is -2.05. The Morgan fingerprint density at radius 2 is 1.86 bits per heavy atom. The summed E-state index contributed by atoms with van der Waals surface area (Å²) in [7, 11) is 0. The van der Waals surface area contributed by atoms with E-state index in [-0.39, 0.29) is 5.78 Å². The van der Waals surface area contributed by atoms with E-state index in [4.69, 9.17) is 0 Å². The second-order valence-corrected chi connectivity index (χ2v) is 6.48. The van der Waals surface area contributed by atoms with Gasteiger partial charge in [0.1, 0.15) is 0 Å². The zero-order chi connectivity index (χ0) is 14.8. The van der Waals surface area contributed by atoms with Crippen LogP contribution in [0.1, 0.15) is 15.9 Å². The molecule has 1 heterocycles. The third-order valence-electron chi connectivity index (χ3n) is 3.32. The van der Waals surface area contributed by atoms with E-state index < -0.39 is 0 Å². The number of para-hydroxylation sites is 1. The van der Waals surface area contributed by atoms with E-state index in [9.17, 15) is 4.79 Å². The van der Waals surface area contributed by atoms with Gasteiger partial charge in [0.05, 0.1) is 5.52 Å². The minimum Gasteiger partial charge on any atom is -0.294 e. The molecule has 2 nitrogen and oxygen atoms in total. The number of halogens is 2. The summed E-state index contributed by atoms with van der Waals surface area (Å²) in [5.41, 5.74) is 2.61. The summed E-state index contributed by atoms with van der Waals surface area (Å²) in [6, 6.07) is 15.4. The smallest absolute Gasteiger partial charge is 0.168 e. The Kier molecular flexibility index (Phi) is 4.17. The first-order valence-corrected chi connectivity index (χ1v) is 8.04. The molecule has 3 aromatic rings. The first-order valence-electron chi connectivity index (χ1n) is 6.46. The highest BCUT2D eigenvalue weighted by Gasteiger charge is 2.13. The van der Waals surface area contributed by atoms with Gasteiger partial charge in [-0.2, -0.15) is 0 Å². The number of aromatic nitrogens is 1. The molecule has 0 aliphatic rings. The van der Waals surface area contributed by atoms with Gasteiger partial charge in [0.25, 0.3) is 0 Å². The average Bonchev–Trinajstić information content (AvgIpc) is 2.47. The maximum Gasteiger partial charge on any atom is 0.168 e. The van der Waals surface area contributed by atoms with E-state index in [1.807, 2.05) is 48.5 Å². The van der Waals surface area contributed by atoms with Crippen molar-refractivity contribution in [2.75, 3.05) is 0 Å². The number of pyridine rings is 1. The SMILES string of the molecule is O=C(Cc1ccnc2ccccc12)c1ccc(Br)cc1Br. The van der Waals surface area contributed by atoms with Crippen LogP contribution < -0.4 is 0 Å². The van der Waals surface area contributed by atoms with E-state index in [0.717, 1.165) is 25.4 Å². The normalized spacial score (nSPS) is 10.8. The Balaban J connectivity index is 1.97.